The van der Waals surface area contributed by atoms with Gasteiger partial charge in [-0.2, -0.15) is 0 Å². The molecule has 0 saturated carbocycles. The van der Waals surface area contributed by atoms with Gasteiger partial charge in [0.05, 0.1) is 30.6 Å². The lowest BCUT2D eigenvalue weighted by atomic mass is 10.2. The van der Waals surface area contributed by atoms with Crippen LogP contribution >= 0.6 is 11.3 Å². The predicted molar refractivity (Wildman–Crippen MR) is 96.1 cm³/mol. The quantitative estimate of drug-likeness (QED) is 0.625. The summed E-state index contributed by atoms with van der Waals surface area (Å²) in [4.78, 5) is 47.0. The van der Waals surface area contributed by atoms with E-state index in [0.29, 0.717) is 16.1 Å². The Morgan fingerprint density at radius 2 is 1.65 bits per heavy atom. The Balaban J connectivity index is 1.71. The van der Waals surface area contributed by atoms with E-state index in [9.17, 15) is 19.2 Å². The number of amides is 3. The second-order valence-electron chi connectivity index (χ2n) is 5.05. The van der Waals surface area contributed by atoms with Gasteiger partial charge in [-0.3, -0.25) is 14.4 Å². The van der Waals surface area contributed by atoms with Crippen LogP contribution in [0.3, 0.4) is 0 Å². The van der Waals surface area contributed by atoms with Crippen molar-refractivity contribution < 1.29 is 23.9 Å². The summed E-state index contributed by atoms with van der Waals surface area (Å²) in [6.45, 7) is -0.468. The minimum absolute atomic E-state index is 0.224. The monoisotopic (exact) mass is 375 g/mol. The number of hydrogen-bond donors (Lipinski definition) is 3. The van der Waals surface area contributed by atoms with Crippen LogP contribution in [-0.2, 0) is 14.3 Å². The lowest BCUT2D eigenvalue weighted by Crippen LogP contribution is -2.40. The number of esters is 1. The minimum atomic E-state index is -0.480. The van der Waals surface area contributed by atoms with Crippen molar-refractivity contribution in [3.8, 4) is 0 Å². The summed E-state index contributed by atoms with van der Waals surface area (Å²) in [5, 5.41) is 9.21. The Morgan fingerprint density at radius 3 is 2.27 bits per heavy atom. The van der Waals surface area contributed by atoms with E-state index in [1.54, 1.807) is 29.6 Å². The summed E-state index contributed by atoms with van der Waals surface area (Å²) in [6.07, 6.45) is 0. The number of nitrogens with one attached hydrogen (secondary N) is 3. The topological polar surface area (TPSA) is 114 Å². The number of methoxy groups -OCH3 is 1. The molecule has 1 heterocycles. The van der Waals surface area contributed by atoms with E-state index in [-0.39, 0.29) is 19.0 Å². The van der Waals surface area contributed by atoms with Crippen molar-refractivity contribution in [3.63, 3.8) is 0 Å². The van der Waals surface area contributed by atoms with Gasteiger partial charge in [-0.05, 0) is 35.7 Å². The maximum atomic E-state index is 11.8. The van der Waals surface area contributed by atoms with Crippen LogP contribution in [0.4, 0.5) is 5.69 Å². The first-order chi connectivity index (χ1) is 12.5. The first kappa shape index (κ1) is 19.1. The van der Waals surface area contributed by atoms with Crippen molar-refractivity contribution in [3.05, 3.63) is 52.2 Å². The first-order valence-corrected chi connectivity index (χ1v) is 8.44. The van der Waals surface area contributed by atoms with Crippen molar-refractivity contribution in [2.75, 3.05) is 25.5 Å². The highest BCUT2D eigenvalue weighted by molar-refractivity contribution is 7.12. The average molecular weight is 375 g/mol. The number of ether oxygens (including phenoxy) is 1. The van der Waals surface area contributed by atoms with Crippen molar-refractivity contribution in [1.82, 2.24) is 10.6 Å². The van der Waals surface area contributed by atoms with Gasteiger partial charge >= 0.3 is 5.97 Å². The molecule has 0 fully saturated rings. The van der Waals surface area contributed by atoms with Crippen molar-refractivity contribution >= 4 is 40.7 Å². The third-order valence-electron chi connectivity index (χ3n) is 3.19. The maximum Gasteiger partial charge on any atom is 0.337 e. The molecule has 2 rings (SSSR count). The van der Waals surface area contributed by atoms with Gasteiger partial charge in [0, 0.05) is 5.69 Å². The molecule has 136 valence electrons. The smallest absolute Gasteiger partial charge is 0.337 e. The van der Waals surface area contributed by atoms with Gasteiger partial charge < -0.3 is 20.7 Å². The standard InChI is InChI=1S/C17H17N3O5S/c1-25-17(24)11-4-6-12(7-5-11)20-15(22)10-18-14(21)9-19-16(23)13-3-2-8-26-13/h2-8H,9-10H2,1H3,(H,18,21)(H,19,23)(H,20,22). The fourth-order valence-electron chi connectivity index (χ4n) is 1.91. The minimum Gasteiger partial charge on any atom is -0.465 e. The van der Waals surface area contributed by atoms with E-state index in [1.165, 1.54) is 30.6 Å². The third kappa shape index (κ3) is 5.71. The lowest BCUT2D eigenvalue weighted by molar-refractivity contribution is -0.123. The number of carbonyl (C=O) groups excluding carboxylic acids is 4. The third-order valence-corrected chi connectivity index (χ3v) is 4.06. The predicted octanol–water partition coefficient (Wildman–Crippen LogP) is 1.02. The fraction of sp³-hybridized carbons (Fsp3) is 0.176. The molecular weight excluding hydrogens is 358 g/mol. The SMILES string of the molecule is COC(=O)c1ccc(NC(=O)CNC(=O)CNC(=O)c2cccs2)cc1. The molecule has 0 bridgehead atoms. The first-order valence-electron chi connectivity index (χ1n) is 7.56. The van der Waals surface area contributed by atoms with Crippen LogP contribution in [0.15, 0.2) is 41.8 Å². The molecule has 9 heteroatoms. The van der Waals surface area contributed by atoms with Crippen LogP contribution in [0.25, 0.3) is 0 Å². The zero-order valence-corrected chi connectivity index (χ0v) is 14.7. The van der Waals surface area contributed by atoms with Gasteiger partial charge in [0.25, 0.3) is 5.91 Å². The number of thiophene rings is 1. The Kier molecular flexibility index (Phi) is 6.86. The van der Waals surface area contributed by atoms with E-state index < -0.39 is 17.8 Å². The zero-order valence-electron chi connectivity index (χ0n) is 13.9. The highest BCUT2D eigenvalue weighted by atomic mass is 32.1. The second-order valence-corrected chi connectivity index (χ2v) is 6.00. The Hall–Kier alpha value is -3.20. The molecule has 8 nitrogen and oxygen atoms in total. The summed E-state index contributed by atoms with van der Waals surface area (Å²) < 4.78 is 4.58. The molecule has 3 amide bonds. The average Bonchev–Trinajstić information content (AvgIpc) is 3.19. The number of rotatable bonds is 7. The molecule has 1 aromatic heterocycles. The van der Waals surface area contributed by atoms with Crippen molar-refractivity contribution in [1.29, 1.82) is 0 Å². The number of benzene rings is 1. The number of hydrogen-bond acceptors (Lipinski definition) is 6. The van der Waals surface area contributed by atoms with Crippen molar-refractivity contribution in [2.45, 2.75) is 0 Å². The van der Waals surface area contributed by atoms with Crippen LogP contribution < -0.4 is 16.0 Å². The van der Waals surface area contributed by atoms with Gasteiger partial charge in [0.1, 0.15) is 0 Å². The Morgan fingerprint density at radius 1 is 0.962 bits per heavy atom. The molecule has 1 aromatic carbocycles. The highest BCUT2D eigenvalue weighted by Crippen LogP contribution is 2.10. The van der Waals surface area contributed by atoms with E-state index in [2.05, 4.69) is 20.7 Å². The summed E-state index contributed by atoms with van der Waals surface area (Å²) in [5.41, 5.74) is 0.836. The maximum absolute atomic E-state index is 11.8. The molecule has 0 unspecified atom stereocenters. The molecule has 0 aliphatic rings. The molecule has 0 aliphatic heterocycles. The van der Waals surface area contributed by atoms with Crippen LogP contribution in [-0.4, -0.2) is 43.9 Å². The van der Waals surface area contributed by atoms with Crippen LogP contribution in [0.5, 0.6) is 0 Å². The zero-order chi connectivity index (χ0) is 18.9. The summed E-state index contributed by atoms with van der Waals surface area (Å²) in [6, 6.07) is 9.51. The van der Waals surface area contributed by atoms with Crippen LogP contribution in [0.1, 0.15) is 20.0 Å². The Labute approximate surface area is 153 Å². The Bertz CT molecular complexity index is 787. The number of carbonyl (C=O) groups is 4. The molecule has 0 spiro atoms. The molecular formula is C17H17N3O5S. The van der Waals surface area contributed by atoms with E-state index in [4.69, 9.17) is 0 Å². The summed E-state index contributed by atoms with van der Waals surface area (Å²) >= 11 is 1.27. The normalized spacial score (nSPS) is 9.88. The van der Waals surface area contributed by atoms with Crippen LogP contribution in [0, 0.1) is 0 Å². The lowest BCUT2D eigenvalue weighted by Gasteiger charge is -2.08. The van der Waals surface area contributed by atoms with E-state index >= 15 is 0 Å². The number of anilines is 1. The summed E-state index contributed by atoms with van der Waals surface area (Å²) in [7, 11) is 1.28. The second kappa shape index (κ2) is 9.33. The van der Waals surface area contributed by atoms with Gasteiger partial charge in [-0.25, -0.2) is 4.79 Å². The molecule has 0 saturated heterocycles. The van der Waals surface area contributed by atoms with E-state index in [0.717, 1.165) is 0 Å². The fourth-order valence-corrected chi connectivity index (χ4v) is 2.55. The molecule has 0 aliphatic carbocycles. The van der Waals surface area contributed by atoms with Crippen molar-refractivity contribution in [2.24, 2.45) is 0 Å². The van der Waals surface area contributed by atoms with E-state index in [1.807, 2.05) is 0 Å². The molecule has 0 atom stereocenters. The van der Waals surface area contributed by atoms with Gasteiger partial charge in [0.2, 0.25) is 11.8 Å². The molecule has 3 N–H and O–H groups in total. The molecule has 0 radical (unpaired) electrons. The molecule has 26 heavy (non-hydrogen) atoms. The summed E-state index contributed by atoms with van der Waals surface area (Å²) in [5.74, 6) is -1.73. The van der Waals surface area contributed by atoms with Crippen LogP contribution in [0.2, 0.25) is 0 Å². The molecule has 2 aromatic rings. The van der Waals surface area contributed by atoms with Gasteiger partial charge in [0.15, 0.2) is 0 Å². The van der Waals surface area contributed by atoms with Gasteiger partial charge in [-0.15, -0.1) is 11.3 Å². The largest absolute Gasteiger partial charge is 0.465 e. The van der Waals surface area contributed by atoms with Gasteiger partial charge in [-0.1, -0.05) is 6.07 Å². The highest BCUT2D eigenvalue weighted by Gasteiger charge is 2.10.